The van der Waals surface area contributed by atoms with Crippen LogP contribution in [0.25, 0.3) is 0 Å². The second kappa shape index (κ2) is 7.02. The standard InChI is InChI=1S/C15H23NO3/c1-10(2)11(3)16-15(17)12(4)19-14-8-6-13(18-5)7-9-14/h6-12H,1-5H3,(H,16,17)/t11-,12+/m0/s1. The average Bonchev–Trinajstić information content (AvgIpc) is 2.39. The fraction of sp³-hybridized carbons (Fsp3) is 0.533. The van der Waals surface area contributed by atoms with Crippen molar-refractivity contribution in [1.29, 1.82) is 0 Å². The van der Waals surface area contributed by atoms with Crippen LogP contribution in [0.1, 0.15) is 27.7 Å². The van der Waals surface area contributed by atoms with E-state index in [2.05, 4.69) is 19.2 Å². The summed E-state index contributed by atoms with van der Waals surface area (Å²) in [4.78, 5) is 11.9. The Labute approximate surface area is 115 Å². The Balaban J connectivity index is 2.53. The number of carbonyl (C=O) groups is 1. The molecule has 1 rings (SSSR count). The first-order chi connectivity index (χ1) is 8.93. The van der Waals surface area contributed by atoms with Gasteiger partial charge in [0.1, 0.15) is 11.5 Å². The SMILES string of the molecule is COc1ccc(O[C@H](C)C(=O)N[C@@H](C)C(C)C)cc1. The van der Waals surface area contributed by atoms with Gasteiger partial charge >= 0.3 is 0 Å². The Morgan fingerprint density at radius 2 is 1.58 bits per heavy atom. The minimum atomic E-state index is -0.519. The van der Waals surface area contributed by atoms with Crippen molar-refractivity contribution in [2.24, 2.45) is 5.92 Å². The maximum Gasteiger partial charge on any atom is 0.260 e. The van der Waals surface area contributed by atoms with Crippen LogP contribution >= 0.6 is 0 Å². The van der Waals surface area contributed by atoms with Crippen LogP contribution < -0.4 is 14.8 Å². The van der Waals surface area contributed by atoms with Crippen molar-refractivity contribution in [1.82, 2.24) is 5.32 Å². The highest BCUT2D eigenvalue weighted by molar-refractivity contribution is 5.81. The van der Waals surface area contributed by atoms with Gasteiger partial charge in [-0.05, 0) is 44.0 Å². The van der Waals surface area contributed by atoms with Gasteiger partial charge in [0.05, 0.1) is 7.11 Å². The lowest BCUT2D eigenvalue weighted by Crippen LogP contribution is -2.43. The van der Waals surface area contributed by atoms with Crippen molar-refractivity contribution < 1.29 is 14.3 Å². The first kappa shape index (κ1) is 15.3. The Bertz CT molecular complexity index is 400. The average molecular weight is 265 g/mol. The molecule has 4 heteroatoms. The first-order valence-electron chi connectivity index (χ1n) is 6.55. The van der Waals surface area contributed by atoms with Gasteiger partial charge in [-0.2, -0.15) is 0 Å². The van der Waals surface area contributed by atoms with Crippen molar-refractivity contribution >= 4 is 5.91 Å². The summed E-state index contributed by atoms with van der Waals surface area (Å²) in [6, 6.07) is 7.31. The Morgan fingerprint density at radius 1 is 1.05 bits per heavy atom. The van der Waals surface area contributed by atoms with Crippen molar-refractivity contribution in [3.8, 4) is 11.5 Å². The highest BCUT2D eigenvalue weighted by atomic mass is 16.5. The largest absolute Gasteiger partial charge is 0.497 e. The number of hydrogen-bond donors (Lipinski definition) is 1. The van der Waals surface area contributed by atoms with Crippen LogP contribution in [0.2, 0.25) is 0 Å². The molecule has 2 atom stereocenters. The molecule has 0 radical (unpaired) electrons. The normalized spacial score (nSPS) is 13.8. The lowest BCUT2D eigenvalue weighted by atomic mass is 10.1. The molecule has 0 unspecified atom stereocenters. The van der Waals surface area contributed by atoms with Gasteiger partial charge in [0, 0.05) is 6.04 Å². The molecule has 0 saturated heterocycles. The third-order valence-electron chi connectivity index (χ3n) is 3.11. The third kappa shape index (κ3) is 4.81. The highest BCUT2D eigenvalue weighted by Gasteiger charge is 2.18. The molecule has 1 N–H and O–H groups in total. The zero-order valence-corrected chi connectivity index (χ0v) is 12.3. The number of rotatable bonds is 6. The van der Waals surface area contributed by atoms with Crippen molar-refractivity contribution in [2.45, 2.75) is 39.8 Å². The number of hydrogen-bond acceptors (Lipinski definition) is 3. The summed E-state index contributed by atoms with van der Waals surface area (Å²) in [6.07, 6.45) is -0.519. The van der Waals surface area contributed by atoms with E-state index in [4.69, 9.17) is 9.47 Å². The molecule has 0 bridgehead atoms. The molecule has 0 spiro atoms. The van der Waals surface area contributed by atoms with Gasteiger partial charge in [0.15, 0.2) is 6.10 Å². The number of ether oxygens (including phenoxy) is 2. The van der Waals surface area contributed by atoms with E-state index in [1.165, 1.54) is 0 Å². The van der Waals surface area contributed by atoms with Gasteiger partial charge in [-0.3, -0.25) is 4.79 Å². The number of carbonyl (C=O) groups excluding carboxylic acids is 1. The Morgan fingerprint density at radius 3 is 2.05 bits per heavy atom. The van der Waals surface area contributed by atoms with E-state index in [0.717, 1.165) is 5.75 Å². The fourth-order valence-electron chi connectivity index (χ4n) is 1.42. The minimum Gasteiger partial charge on any atom is -0.497 e. The molecule has 0 heterocycles. The molecule has 1 aromatic rings. The highest BCUT2D eigenvalue weighted by Crippen LogP contribution is 2.18. The van der Waals surface area contributed by atoms with Gasteiger partial charge in [-0.1, -0.05) is 13.8 Å². The molecule has 0 aromatic heterocycles. The van der Waals surface area contributed by atoms with E-state index < -0.39 is 6.10 Å². The monoisotopic (exact) mass is 265 g/mol. The smallest absolute Gasteiger partial charge is 0.260 e. The molecule has 19 heavy (non-hydrogen) atoms. The van der Waals surface area contributed by atoms with E-state index in [0.29, 0.717) is 11.7 Å². The molecular weight excluding hydrogens is 242 g/mol. The van der Waals surface area contributed by atoms with Crippen LogP contribution in [-0.4, -0.2) is 25.2 Å². The predicted molar refractivity (Wildman–Crippen MR) is 75.5 cm³/mol. The van der Waals surface area contributed by atoms with Crippen LogP contribution in [-0.2, 0) is 4.79 Å². The number of amides is 1. The lowest BCUT2D eigenvalue weighted by Gasteiger charge is -2.21. The van der Waals surface area contributed by atoms with Crippen molar-refractivity contribution in [3.05, 3.63) is 24.3 Å². The van der Waals surface area contributed by atoms with Gasteiger partial charge in [-0.25, -0.2) is 0 Å². The third-order valence-corrected chi connectivity index (χ3v) is 3.11. The van der Waals surface area contributed by atoms with Gasteiger partial charge in [0.25, 0.3) is 5.91 Å². The van der Waals surface area contributed by atoms with Crippen LogP contribution in [0.15, 0.2) is 24.3 Å². The molecule has 1 aromatic carbocycles. The van der Waals surface area contributed by atoms with E-state index >= 15 is 0 Å². The fourth-order valence-corrected chi connectivity index (χ4v) is 1.42. The maximum atomic E-state index is 11.9. The van der Waals surface area contributed by atoms with Gasteiger partial charge in [-0.15, -0.1) is 0 Å². The summed E-state index contributed by atoms with van der Waals surface area (Å²) in [5, 5.41) is 2.93. The predicted octanol–water partition coefficient (Wildman–Crippen LogP) is 2.62. The molecule has 4 nitrogen and oxygen atoms in total. The summed E-state index contributed by atoms with van der Waals surface area (Å²) < 4.78 is 10.7. The Kier molecular flexibility index (Phi) is 5.67. The number of benzene rings is 1. The number of methoxy groups -OCH3 is 1. The van der Waals surface area contributed by atoms with Crippen molar-refractivity contribution in [3.63, 3.8) is 0 Å². The summed E-state index contributed by atoms with van der Waals surface area (Å²) >= 11 is 0. The van der Waals surface area contributed by atoms with Gasteiger partial charge in [0.2, 0.25) is 0 Å². The van der Waals surface area contributed by atoms with E-state index in [9.17, 15) is 4.79 Å². The van der Waals surface area contributed by atoms with E-state index in [-0.39, 0.29) is 11.9 Å². The minimum absolute atomic E-state index is 0.1000. The molecule has 106 valence electrons. The topological polar surface area (TPSA) is 47.6 Å². The maximum absolute atomic E-state index is 11.9. The quantitative estimate of drug-likeness (QED) is 0.860. The molecule has 0 fully saturated rings. The summed E-state index contributed by atoms with van der Waals surface area (Å²) in [5.41, 5.74) is 0. The van der Waals surface area contributed by atoms with E-state index in [1.54, 1.807) is 38.3 Å². The zero-order chi connectivity index (χ0) is 14.4. The molecule has 0 aliphatic heterocycles. The molecule has 0 aliphatic carbocycles. The second-order valence-corrected chi connectivity index (χ2v) is 4.98. The zero-order valence-electron chi connectivity index (χ0n) is 12.3. The molecule has 1 amide bonds. The van der Waals surface area contributed by atoms with Crippen LogP contribution in [0.4, 0.5) is 0 Å². The van der Waals surface area contributed by atoms with E-state index in [1.807, 2.05) is 6.92 Å². The van der Waals surface area contributed by atoms with Crippen LogP contribution in [0.5, 0.6) is 11.5 Å². The second-order valence-electron chi connectivity index (χ2n) is 4.98. The van der Waals surface area contributed by atoms with Crippen molar-refractivity contribution in [2.75, 3.05) is 7.11 Å². The number of nitrogens with one attached hydrogen (secondary N) is 1. The van der Waals surface area contributed by atoms with Crippen LogP contribution in [0, 0.1) is 5.92 Å². The summed E-state index contributed by atoms with van der Waals surface area (Å²) in [5.74, 6) is 1.72. The summed E-state index contributed by atoms with van der Waals surface area (Å²) in [6.45, 7) is 7.87. The first-order valence-corrected chi connectivity index (χ1v) is 6.55. The summed E-state index contributed by atoms with van der Waals surface area (Å²) in [7, 11) is 1.61. The van der Waals surface area contributed by atoms with Gasteiger partial charge < -0.3 is 14.8 Å². The Hall–Kier alpha value is -1.71. The molecule has 0 aliphatic rings. The molecule has 0 saturated carbocycles. The van der Waals surface area contributed by atoms with Crippen LogP contribution in [0.3, 0.4) is 0 Å². The molecular formula is C15H23NO3. The lowest BCUT2D eigenvalue weighted by molar-refractivity contribution is -0.128.